The number of hydrogen-bond donors (Lipinski definition) is 1. The molecule has 0 bridgehead atoms. The molecule has 4 atom stereocenters. The van der Waals surface area contributed by atoms with Gasteiger partial charge >= 0.3 is 0 Å². The topological polar surface area (TPSA) is 43.8 Å². The van der Waals surface area contributed by atoms with E-state index in [-0.39, 0.29) is 23.9 Å². The zero-order valence-electron chi connectivity index (χ0n) is 14.0. The SMILES string of the molecule is Cc1ccc(F)cc1C(=O)N1C[C@H]2C[C@@H](N(C)C)[C@H](O)C[C@H]2C1. The predicted octanol–water partition coefficient (Wildman–Crippen LogP) is 1.91. The number of amides is 1. The summed E-state index contributed by atoms with van der Waals surface area (Å²) >= 11 is 0. The van der Waals surface area contributed by atoms with E-state index < -0.39 is 0 Å². The summed E-state index contributed by atoms with van der Waals surface area (Å²) in [5.74, 6) is 0.300. The van der Waals surface area contributed by atoms with Gasteiger partial charge in [0.1, 0.15) is 5.82 Å². The normalized spacial score (nSPS) is 30.6. The number of nitrogens with zero attached hydrogens (tertiary/aromatic N) is 2. The van der Waals surface area contributed by atoms with Crippen molar-refractivity contribution in [3.8, 4) is 0 Å². The van der Waals surface area contributed by atoms with Crippen molar-refractivity contribution in [1.29, 1.82) is 0 Å². The minimum Gasteiger partial charge on any atom is -0.391 e. The van der Waals surface area contributed by atoms with E-state index in [1.165, 1.54) is 12.1 Å². The van der Waals surface area contributed by atoms with Crippen LogP contribution in [-0.4, -0.2) is 60.1 Å². The Labute approximate surface area is 136 Å². The summed E-state index contributed by atoms with van der Waals surface area (Å²) in [4.78, 5) is 16.7. The number of aliphatic hydroxyl groups excluding tert-OH is 1. The van der Waals surface area contributed by atoms with Crippen LogP contribution in [0.15, 0.2) is 18.2 Å². The molecular weight excluding hydrogens is 295 g/mol. The highest BCUT2D eigenvalue weighted by Gasteiger charge is 2.43. The Bertz CT molecular complexity index is 605. The second-order valence-electron chi connectivity index (χ2n) is 7.26. The van der Waals surface area contributed by atoms with E-state index in [0.29, 0.717) is 30.5 Å². The van der Waals surface area contributed by atoms with E-state index in [2.05, 4.69) is 4.90 Å². The van der Waals surface area contributed by atoms with Crippen LogP contribution in [0.5, 0.6) is 0 Å². The van der Waals surface area contributed by atoms with Gasteiger partial charge in [-0.3, -0.25) is 4.79 Å². The molecule has 23 heavy (non-hydrogen) atoms. The number of aryl methyl sites for hydroxylation is 1. The number of likely N-dealkylation sites (tertiary alicyclic amines) is 1. The molecule has 126 valence electrons. The maximum Gasteiger partial charge on any atom is 0.254 e. The lowest BCUT2D eigenvalue weighted by Crippen LogP contribution is -2.46. The van der Waals surface area contributed by atoms with E-state index in [9.17, 15) is 14.3 Å². The average Bonchev–Trinajstić information content (AvgIpc) is 2.90. The molecule has 4 nitrogen and oxygen atoms in total. The van der Waals surface area contributed by atoms with Crippen LogP contribution in [-0.2, 0) is 0 Å². The van der Waals surface area contributed by atoms with Crippen molar-refractivity contribution in [1.82, 2.24) is 9.80 Å². The molecule has 1 aliphatic heterocycles. The fourth-order valence-corrected chi connectivity index (χ4v) is 4.12. The summed E-state index contributed by atoms with van der Waals surface area (Å²) in [5, 5.41) is 10.3. The molecule has 1 N–H and O–H groups in total. The summed E-state index contributed by atoms with van der Waals surface area (Å²) in [6.07, 6.45) is 1.31. The van der Waals surface area contributed by atoms with E-state index in [0.717, 1.165) is 18.4 Å². The lowest BCUT2D eigenvalue weighted by Gasteiger charge is -2.38. The molecule has 0 aromatic heterocycles. The van der Waals surface area contributed by atoms with Gasteiger partial charge in [-0.2, -0.15) is 0 Å². The van der Waals surface area contributed by atoms with Crippen molar-refractivity contribution in [2.24, 2.45) is 11.8 Å². The Hall–Kier alpha value is -1.46. The van der Waals surface area contributed by atoms with Crippen LogP contribution in [0.25, 0.3) is 0 Å². The molecule has 1 amide bonds. The Morgan fingerprint density at radius 2 is 1.91 bits per heavy atom. The van der Waals surface area contributed by atoms with Gasteiger partial charge in [0.2, 0.25) is 0 Å². The summed E-state index contributed by atoms with van der Waals surface area (Å²) < 4.78 is 13.5. The quantitative estimate of drug-likeness (QED) is 0.905. The number of rotatable bonds is 2. The Morgan fingerprint density at radius 3 is 2.57 bits per heavy atom. The molecule has 2 aliphatic rings. The van der Waals surface area contributed by atoms with Crippen molar-refractivity contribution < 1.29 is 14.3 Å². The smallest absolute Gasteiger partial charge is 0.254 e. The van der Waals surface area contributed by atoms with Crippen LogP contribution >= 0.6 is 0 Å². The first-order valence-electron chi connectivity index (χ1n) is 8.26. The number of likely N-dealkylation sites (N-methyl/N-ethyl adjacent to an activating group) is 1. The van der Waals surface area contributed by atoms with E-state index in [1.807, 2.05) is 25.9 Å². The van der Waals surface area contributed by atoms with Crippen molar-refractivity contribution in [2.75, 3.05) is 27.2 Å². The predicted molar refractivity (Wildman–Crippen MR) is 86.7 cm³/mol. The molecule has 2 fully saturated rings. The van der Waals surface area contributed by atoms with Gasteiger partial charge in [-0.1, -0.05) is 6.07 Å². The minimum absolute atomic E-state index is 0.0905. The molecule has 0 spiro atoms. The first kappa shape index (κ1) is 16.4. The van der Waals surface area contributed by atoms with E-state index >= 15 is 0 Å². The maximum absolute atomic E-state index is 13.5. The van der Waals surface area contributed by atoms with Gasteiger partial charge in [-0.25, -0.2) is 4.39 Å². The zero-order chi connectivity index (χ0) is 16.7. The first-order chi connectivity index (χ1) is 10.9. The number of carbonyl (C=O) groups is 1. The highest BCUT2D eigenvalue weighted by atomic mass is 19.1. The largest absolute Gasteiger partial charge is 0.391 e. The van der Waals surface area contributed by atoms with Crippen molar-refractivity contribution in [3.05, 3.63) is 35.1 Å². The lowest BCUT2D eigenvalue weighted by atomic mass is 9.77. The van der Waals surface area contributed by atoms with Gasteiger partial charge in [0.25, 0.3) is 5.91 Å². The Balaban J connectivity index is 1.75. The molecule has 5 heteroatoms. The molecule has 1 aromatic carbocycles. The highest BCUT2D eigenvalue weighted by Crippen LogP contribution is 2.38. The molecule has 1 heterocycles. The van der Waals surface area contributed by atoms with Crippen LogP contribution < -0.4 is 0 Å². The molecule has 0 radical (unpaired) electrons. The van der Waals surface area contributed by atoms with Crippen molar-refractivity contribution >= 4 is 5.91 Å². The summed E-state index contributed by atoms with van der Waals surface area (Å²) in [5.41, 5.74) is 1.26. The summed E-state index contributed by atoms with van der Waals surface area (Å²) in [6.45, 7) is 3.20. The minimum atomic E-state index is -0.376. The van der Waals surface area contributed by atoms with Gasteiger partial charge in [0.15, 0.2) is 0 Å². The number of carbonyl (C=O) groups excluding carboxylic acids is 1. The maximum atomic E-state index is 13.5. The number of benzene rings is 1. The van der Waals surface area contributed by atoms with Gasteiger partial charge in [0.05, 0.1) is 6.10 Å². The number of halogens is 1. The van der Waals surface area contributed by atoms with Crippen LogP contribution in [0, 0.1) is 24.6 Å². The van der Waals surface area contributed by atoms with Gasteiger partial charge < -0.3 is 14.9 Å². The molecule has 1 aromatic rings. The third-order valence-electron chi connectivity index (χ3n) is 5.49. The monoisotopic (exact) mass is 320 g/mol. The number of fused-ring (bicyclic) bond motifs is 1. The van der Waals surface area contributed by atoms with Gasteiger partial charge in [-0.15, -0.1) is 0 Å². The van der Waals surface area contributed by atoms with Gasteiger partial charge in [0, 0.05) is 24.7 Å². The number of hydrogen-bond acceptors (Lipinski definition) is 3. The number of aliphatic hydroxyl groups is 1. The fraction of sp³-hybridized carbons (Fsp3) is 0.611. The highest BCUT2D eigenvalue weighted by molar-refractivity contribution is 5.95. The third kappa shape index (κ3) is 3.12. The van der Waals surface area contributed by atoms with E-state index in [4.69, 9.17) is 0 Å². The lowest BCUT2D eigenvalue weighted by molar-refractivity contribution is 0.00940. The van der Waals surface area contributed by atoms with Crippen LogP contribution in [0.1, 0.15) is 28.8 Å². The Kier molecular flexibility index (Phi) is 4.43. The molecule has 3 rings (SSSR count). The molecule has 1 aliphatic carbocycles. The van der Waals surface area contributed by atoms with Crippen LogP contribution in [0.4, 0.5) is 4.39 Å². The first-order valence-corrected chi connectivity index (χ1v) is 8.26. The van der Waals surface area contributed by atoms with Crippen molar-refractivity contribution in [3.63, 3.8) is 0 Å². The zero-order valence-corrected chi connectivity index (χ0v) is 14.0. The van der Waals surface area contributed by atoms with Crippen LogP contribution in [0.3, 0.4) is 0 Å². The molecule has 0 unspecified atom stereocenters. The Morgan fingerprint density at radius 1 is 1.26 bits per heavy atom. The summed E-state index contributed by atoms with van der Waals surface area (Å²) in [6, 6.07) is 4.52. The van der Waals surface area contributed by atoms with Crippen LogP contribution in [0.2, 0.25) is 0 Å². The standard InChI is InChI=1S/C18H25FN2O2/c1-11-4-5-14(19)8-15(11)18(23)21-9-12-6-16(20(2)3)17(22)7-13(12)10-21/h4-5,8,12-13,16-17,22H,6-7,9-10H2,1-3H3/t12-,13+,16-,17-/m1/s1. The second-order valence-corrected chi connectivity index (χ2v) is 7.26. The molecule has 1 saturated carbocycles. The second kappa shape index (κ2) is 6.21. The van der Waals surface area contributed by atoms with Gasteiger partial charge in [-0.05, 0) is 63.4 Å². The molecular formula is C18H25FN2O2. The third-order valence-corrected chi connectivity index (χ3v) is 5.49. The van der Waals surface area contributed by atoms with E-state index in [1.54, 1.807) is 6.07 Å². The molecule has 1 saturated heterocycles. The average molecular weight is 320 g/mol. The van der Waals surface area contributed by atoms with Crippen molar-refractivity contribution in [2.45, 2.75) is 31.9 Å². The summed E-state index contributed by atoms with van der Waals surface area (Å²) in [7, 11) is 3.98. The fourth-order valence-electron chi connectivity index (χ4n) is 4.12.